The van der Waals surface area contributed by atoms with Crippen LogP contribution in [0.25, 0.3) is 0 Å². The number of aromatic nitrogens is 1. The summed E-state index contributed by atoms with van der Waals surface area (Å²) in [7, 11) is 1.65. The van der Waals surface area contributed by atoms with Crippen LogP contribution in [-0.4, -0.2) is 40.1 Å². The van der Waals surface area contributed by atoms with Crippen LogP contribution in [0.3, 0.4) is 0 Å². The molecule has 0 radical (unpaired) electrons. The van der Waals surface area contributed by atoms with Crippen molar-refractivity contribution in [2.24, 2.45) is 17.1 Å². The lowest BCUT2D eigenvalue weighted by molar-refractivity contribution is -0.719. The third kappa shape index (κ3) is 5.67. The van der Waals surface area contributed by atoms with Crippen molar-refractivity contribution in [3.05, 3.63) is 63.1 Å². The van der Waals surface area contributed by atoms with Gasteiger partial charge in [0, 0.05) is 22.3 Å². The fourth-order valence-electron chi connectivity index (χ4n) is 3.97. The molecule has 1 fully saturated rings. The van der Waals surface area contributed by atoms with Gasteiger partial charge in [-0.15, -0.1) is 5.01 Å². The summed E-state index contributed by atoms with van der Waals surface area (Å²) in [5.41, 5.74) is 2.99. The van der Waals surface area contributed by atoms with Crippen LogP contribution in [0.5, 0.6) is 5.75 Å². The summed E-state index contributed by atoms with van der Waals surface area (Å²) in [6.07, 6.45) is 2.84. The van der Waals surface area contributed by atoms with Gasteiger partial charge in [0.15, 0.2) is 5.75 Å². The Labute approximate surface area is 210 Å². The van der Waals surface area contributed by atoms with Gasteiger partial charge in [-0.1, -0.05) is 23.7 Å². The van der Waals surface area contributed by atoms with Crippen LogP contribution in [0, 0.1) is 24.0 Å². The molecule has 188 valence electrons. The van der Waals surface area contributed by atoms with Crippen LogP contribution >= 0.6 is 11.6 Å². The molecule has 1 aliphatic carbocycles. The third-order valence-electron chi connectivity index (χ3n) is 6.56. The van der Waals surface area contributed by atoms with E-state index in [0.29, 0.717) is 34.5 Å². The standard InChI is InChI=1S/C25H31ClN4O5/c1-15-22(21-14-33-23(20(21)13-27-15)16-6-8-18(26)9-7-16)35-24(31)19-12-17(19)10-11-34-28-30(32)29(5)25(2,3)4/h6-9,13,17,19,23H,10-12,14H2,1-5H3/t17-,19-,23+/m1/s1. The highest BCUT2D eigenvalue weighted by atomic mass is 35.5. The Morgan fingerprint density at radius 3 is 2.74 bits per heavy atom. The maximum absolute atomic E-state index is 12.8. The summed E-state index contributed by atoms with van der Waals surface area (Å²) < 4.78 is 11.8. The van der Waals surface area contributed by atoms with Crippen molar-refractivity contribution in [1.29, 1.82) is 0 Å². The number of nitrogens with zero attached hydrogens (tertiary/aromatic N) is 4. The first kappa shape index (κ1) is 25.2. The highest BCUT2D eigenvalue weighted by Crippen LogP contribution is 2.45. The van der Waals surface area contributed by atoms with Crippen LogP contribution in [0.15, 0.2) is 35.7 Å². The molecule has 2 heterocycles. The molecule has 1 aromatic heterocycles. The smallest absolute Gasteiger partial charge is 0.314 e. The number of aryl methyl sites for hydroxylation is 1. The van der Waals surface area contributed by atoms with E-state index in [2.05, 4.69) is 10.3 Å². The Kier molecular flexibility index (Phi) is 7.19. The van der Waals surface area contributed by atoms with Crippen LogP contribution in [0.4, 0.5) is 0 Å². The zero-order valence-corrected chi connectivity index (χ0v) is 21.4. The van der Waals surface area contributed by atoms with Gasteiger partial charge in [-0.25, -0.2) is 0 Å². The van der Waals surface area contributed by atoms with E-state index in [1.54, 1.807) is 13.2 Å². The van der Waals surface area contributed by atoms with E-state index >= 15 is 0 Å². The van der Waals surface area contributed by atoms with Gasteiger partial charge in [-0.05, 0) is 64.2 Å². The second kappa shape index (κ2) is 9.99. The zero-order chi connectivity index (χ0) is 25.3. The largest absolute Gasteiger partial charge is 0.569 e. The average Bonchev–Trinajstić information content (AvgIpc) is 3.47. The predicted octanol–water partition coefficient (Wildman–Crippen LogP) is 5.13. The quantitative estimate of drug-likeness (QED) is 0.162. The minimum absolute atomic E-state index is 0.140. The second-order valence-corrected chi connectivity index (χ2v) is 10.5. The Hall–Kier alpha value is -2.91. The van der Waals surface area contributed by atoms with Gasteiger partial charge in [0.05, 0.1) is 35.8 Å². The molecule has 1 aliphatic heterocycles. The lowest BCUT2D eigenvalue weighted by atomic mass is 10.0. The molecule has 4 rings (SSSR count). The SMILES string of the molecule is Cc1ncc2c(c1OC(=O)[C@@H]1C[C@H]1CCON=[N+]([O-])N(C)C(C)(C)C)CO[C@H]2c1ccc(Cl)cc1. The first-order valence-electron chi connectivity index (χ1n) is 11.7. The molecule has 2 aliphatic rings. The van der Waals surface area contributed by atoms with Crippen molar-refractivity contribution in [2.45, 2.75) is 58.8 Å². The van der Waals surface area contributed by atoms with E-state index in [1.165, 1.54) is 5.01 Å². The maximum Gasteiger partial charge on any atom is 0.314 e. The molecule has 1 saturated carbocycles. The number of rotatable bonds is 8. The fourth-order valence-corrected chi connectivity index (χ4v) is 4.10. The molecule has 10 heteroatoms. The van der Waals surface area contributed by atoms with E-state index in [1.807, 2.05) is 52.0 Å². The fraction of sp³-hybridized carbons (Fsp3) is 0.520. The van der Waals surface area contributed by atoms with Crippen LogP contribution < -0.4 is 4.74 Å². The Morgan fingerprint density at radius 2 is 2.06 bits per heavy atom. The van der Waals surface area contributed by atoms with Crippen LogP contribution in [0.1, 0.15) is 62.1 Å². The molecule has 0 spiro atoms. The number of ether oxygens (including phenoxy) is 2. The van der Waals surface area contributed by atoms with Crippen molar-refractivity contribution in [1.82, 2.24) is 9.99 Å². The van der Waals surface area contributed by atoms with Crippen molar-refractivity contribution >= 4 is 17.6 Å². The van der Waals surface area contributed by atoms with Gasteiger partial charge in [-0.2, -0.15) is 0 Å². The highest BCUT2D eigenvalue weighted by Gasteiger charge is 2.45. The summed E-state index contributed by atoms with van der Waals surface area (Å²) in [4.78, 5) is 22.9. The molecule has 1 aromatic carbocycles. The van der Waals surface area contributed by atoms with Gasteiger partial charge in [0.1, 0.15) is 12.7 Å². The zero-order valence-electron chi connectivity index (χ0n) is 20.7. The summed E-state index contributed by atoms with van der Waals surface area (Å²) in [6, 6.07) is 7.49. The number of fused-ring (bicyclic) bond motifs is 1. The van der Waals surface area contributed by atoms with E-state index in [4.69, 9.17) is 25.9 Å². The molecule has 0 bridgehead atoms. The number of hydrogen-bond donors (Lipinski definition) is 0. The predicted molar refractivity (Wildman–Crippen MR) is 128 cm³/mol. The van der Waals surface area contributed by atoms with Crippen molar-refractivity contribution in [3.8, 4) is 5.75 Å². The number of hydrogen-bond acceptors (Lipinski definition) is 7. The lowest BCUT2D eigenvalue weighted by Gasteiger charge is -2.26. The lowest BCUT2D eigenvalue weighted by Crippen LogP contribution is -2.42. The van der Waals surface area contributed by atoms with Crippen LogP contribution in [0.2, 0.25) is 5.02 Å². The number of carbonyl (C=O) groups is 1. The topological polar surface area (TPSA) is 99.3 Å². The summed E-state index contributed by atoms with van der Waals surface area (Å²) in [5.74, 6) is 0.135. The Morgan fingerprint density at radius 1 is 1.34 bits per heavy atom. The number of esters is 1. The minimum Gasteiger partial charge on any atom is -0.569 e. The monoisotopic (exact) mass is 502 g/mol. The van der Waals surface area contributed by atoms with E-state index in [-0.39, 0.29) is 36.1 Å². The van der Waals surface area contributed by atoms with Crippen LogP contribution in [-0.2, 0) is 21.0 Å². The normalized spacial score (nSPS) is 21.4. The molecule has 0 unspecified atom stereocenters. The molecule has 3 atom stereocenters. The number of pyridine rings is 1. The molecular formula is C25H31ClN4O5. The number of carbonyl (C=O) groups excluding carboxylic acids is 1. The summed E-state index contributed by atoms with van der Waals surface area (Å²) >= 11 is 6.01. The first-order valence-corrected chi connectivity index (χ1v) is 12.0. The van der Waals surface area contributed by atoms with Crippen molar-refractivity contribution in [3.63, 3.8) is 0 Å². The number of benzene rings is 1. The van der Waals surface area contributed by atoms with Gasteiger partial charge in [0.2, 0.25) is 5.28 Å². The molecule has 0 N–H and O–H groups in total. The summed E-state index contributed by atoms with van der Waals surface area (Å²) in [5, 5.41) is 17.6. The van der Waals surface area contributed by atoms with Crippen molar-refractivity contribution in [2.75, 3.05) is 13.7 Å². The second-order valence-electron chi connectivity index (χ2n) is 10.0. The molecule has 2 aromatic rings. The van der Waals surface area contributed by atoms with Gasteiger partial charge < -0.3 is 19.5 Å². The summed E-state index contributed by atoms with van der Waals surface area (Å²) in [6.45, 7) is 8.11. The first-order chi connectivity index (χ1) is 16.6. The average molecular weight is 503 g/mol. The molecule has 0 saturated heterocycles. The van der Waals surface area contributed by atoms with E-state index in [0.717, 1.165) is 23.1 Å². The molecular weight excluding hydrogens is 472 g/mol. The van der Waals surface area contributed by atoms with Crippen molar-refractivity contribution < 1.29 is 24.1 Å². The molecule has 0 amide bonds. The van der Waals surface area contributed by atoms with E-state index < -0.39 is 0 Å². The third-order valence-corrected chi connectivity index (χ3v) is 6.81. The van der Waals surface area contributed by atoms with Gasteiger partial charge in [-0.3, -0.25) is 9.78 Å². The molecule has 9 nitrogen and oxygen atoms in total. The maximum atomic E-state index is 12.8. The number of halogens is 1. The highest BCUT2D eigenvalue weighted by molar-refractivity contribution is 6.30. The molecule has 35 heavy (non-hydrogen) atoms. The van der Waals surface area contributed by atoms with E-state index in [9.17, 15) is 10.0 Å². The Balaban J connectivity index is 1.33. The van der Waals surface area contributed by atoms with Gasteiger partial charge >= 0.3 is 5.97 Å². The number of hydrazine groups is 1. The minimum atomic E-state index is -0.371. The Bertz CT molecular complexity index is 1120. The van der Waals surface area contributed by atoms with Gasteiger partial charge in [0.25, 0.3) is 0 Å².